The first-order chi connectivity index (χ1) is 8.51. The molecule has 18 heavy (non-hydrogen) atoms. The van der Waals surface area contributed by atoms with Gasteiger partial charge in [0.1, 0.15) is 0 Å². The van der Waals surface area contributed by atoms with Crippen LogP contribution in [0.15, 0.2) is 23.1 Å². The van der Waals surface area contributed by atoms with E-state index in [1.54, 1.807) is 12.1 Å². The standard InChI is InChI=1S/C13H18ClNO2S/c14-12-9-11(7-8-13(12)15)18(16,17)10-5-3-1-2-4-6-10/h7-10H,1-6,15H2. The number of rotatable bonds is 2. The molecule has 0 heterocycles. The van der Waals surface area contributed by atoms with Crippen LogP contribution in [0, 0.1) is 0 Å². The van der Waals surface area contributed by atoms with Crippen molar-refractivity contribution >= 4 is 27.1 Å². The fraction of sp³-hybridized carbons (Fsp3) is 0.538. The Bertz CT molecular complexity index is 520. The van der Waals surface area contributed by atoms with Crippen molar-refractivity contribution in [3.63, 3.8) is 0 Å². The zero-order valence-electron chi connectivity index (χ0n) is 10.2. The Labute approximate surface area is 113 Å². The monoisotopic (exact) mass is 287 g/mol. The molecule has 1 aliphatic rings. The molecule has 100 valence electrons. The number of benzene rings is 1. The van der Waals surface area contributed by atoms with Crippen molar-refractivity contribution in [3.8, 4) is 0 Å². The van der Waals surface area contributed by atoms with Gasteiger partial charge in [0, 0.05) is 0 Å². The highest BCUT2D eigenvalue weighted by molar-refractivity contribution is 7.92. The largest absolute Gasteiger partial charge is 0.398 e. The molecule has 2 rings (SSSR count). The van der Waals surface area contributed by atoms with E-state index in [0.717, 1.165) is 38.5 Å². The molecule has 0 aliphatic heterocycles. The zero-order chi connectivity index (χ0) is 13.2. The second-order valence-corrected chi connectivity index (χ2v) is 7.48. The van der Waals surface area contributed by atoms with Gasteiger partial charge in [0.25, 0.3) is 0 Å². The van der Waals surface area contributed by atoms with E-state index in [1.165, 1.54) is 6.07 Å². The number of sulfone groups is 1. The van der Waals surface area contributed by atoms with Crippen molar-refractivity contribution in [1.29, 1.82) is 0 Å². The summed E-state index contributed by atoms with van der Waals surface area (Å²) in [5.74, 6) is 0. The van der Waals surface area contributed by atoms with Crippen molar-refractivity contribution in [1.82, 2.24) is 0 Å². The third-order valence-electron chi connectivity index (χ3n) is 3.54. The minimum absolute atomic E-state index is 0.264. The molecule has 0 unspecified atom stereocenters. The topological polar surface area (TPSA) is 60.2 Å². The number of halogens is 1. The lowest BCUT2D eigenvalue weighted by molar-refractivity contribution is 0.563. The van der Waals surface area contributed by atoms with E-state index in [-0.39, 0.29) is 5.25 Å². The summed E-state index contributed by atoms with van der Waals surface area (Å²) in [7, 11) is -3.26. The molecule has 0 radical (unpaired) electrons. The van der Waals surface area contributed by atoms with E-state index in [9.17, 15) is 8.42 Å². The number of nitrogens with two attached hydrogens (primary N) is 1. The zero-order valence-corrected chi connectivity index (χ0v) is 11.8. The van der Waals surface area contributed by atoms with Crippen LogP contribution in [0.3, 0.4) is 0 Å². The van der Waals surface area contributed by atoms with Gasteiger partial charge in [0.2, 0.25) is 0 Å². The molecule has 5 heteroatoms. The molecule has 0 atom stereocenters. The van der Waals surface area contributed by atoms with Crippen LogP contribution in [0.1, 0.15) is 38.5 Å². The average molecular weight is 288 g/mol. The Morgan fingerprint density at radius 3 is 2.28 bits per heavy atom. The molecule has 0 bridgehead atoms. The highest BCUT2D eigenvalue weighted by atomic mass is 35.5. The number of anilines is 1. The molecule has 3 nitrogen and oxygen atoms in total. The molecule has 0 spiro atoms. The fourth-order valence-corrected chi connectivity index (χ4v) is 4.55. The van der Waals surface area contributed by atoms with Crippen LogP contribution in [-0.2, 0) is 9.84 Å². The van der Waals surface area contributed by atoms with Crippen molar-refractivity contribution in [2.45, 2.75) is 48.7 Å². The molecule has 1 aromatic carbocycles. The van der Waals surface area contributed by atoms with E-state index in [0.29, 0.717) is 15.6 Å². The predicted octanol–water partition coefficient (Wildman–Crippen LogP) is 3.42. The van der Waals surface area contributed by atoms with E-state index in [4.69, 9.17) is 17.3 Å². The van der Waals surface area contributed by atoms with Gasteiger partial charge in [0.05, 0.1) is 20.9 Å². The maximum atomic E-state index is 12.5. The number of hydrogen-bond acceptors (Lipinski definition) is 3. The van der Waals surface area contributed by atoms with Gasteiger partial charge in [-0.3, -0.25) is 0 Å². The lowest BCUT2D eigenvalue weighted by atomic mass is 10.2. The molecule has 1 saturated carbocycles. The van der Waals surface area contributed by atoms with Crippen LogP contribution in [0.4, 0.5) is 5.69 Å². The van der Waals surface area contributed by atoms with Gasteiger partial charge >= 0.3 is 0 Å². The molecule has 1 aliphatic carbocycles. The van der Waals surface area contributed by atoms with Gasteiger partial charge < -0.3 is 5.73 Å². The summed E-state index contributed by atoms with van der Waals surface area (Å²) in [6.45, 7) is 0. The first-order valence-electron chi connectivity index (χ1n) is 6.31. The van der Waals surface area contributed by atoms with Crippen LogP contribution < -0.4 is 5.73 Å². The van der Waals surface area contributed by atoms with Crippen molar-refractivity contribution in [3.05, 3.63) is 23.2 Å². The Hall–Kier alpha value is -0.740. The van der Waals surface area contributed by atoms with E-state index in [1.807, 2.05) is 0 Å². The maximum Gasteiger partial charge on any atom is 0.181 e. The van der Waals surface area contributed by atoms with Gasteiger partial charge in [-0.1, -0.05) is 37.3 Å². The summed E-state index contributed by atoms with van der Waals surface area (Å²) in [5, 5.41) is 0.0457. The second kappa shape index (κ2) is 5.49. The van der Waals surface area contributed by atoms with Gasteiger partial charge in [-0.2, -0.15) is 0 Å². The van der Waals surface area contributed by atoms with Crippen LogP contribution in [0.2, 0.25) is 5.02 Å². The van der Waals surface area contributed by atoms with Crippen LogP contribution >= 0.6 is 11.6 Å². The Morgan fingerprint density at radius 2 is 1.72 bits per heavy atom. The fourth-order valence-electron chi connectivity index (χ4n) is 2.43. The highest BCUT2D eigenvalue weighted by Gasteiger charge is 2.28. The van der Waals surface area contributed by atoms with Crippen LogP contribution in [-0.4, -0.2) is 13.7 Å². The summed E-state index contributed by atoms with van der Waals surface area (Å²) >= 11 is 5.90. The molecule has 0 aromatic heterocycles. The first-order valence-corrected chi connectivity index (χ1v) is 8.23. The van der Waals surface area contributed by atoms with Crippen molar-refractivity contribution in [2.75, 3.05) is 5.73 Å². The SMILES string of the molecule is Nc1ccc(S(=O)(=O)C2CCCCCC2)cc1Cl. The summed E-state index contributed by atoms with van der Waals surface area (Å²) in [5.41, 5.74) is 6.02. The summed E-state index contributed by atoms with van der Waals surface area (Å²) in [4.78, 5) is 0.300. The lowest BCUT2D eigenvalue weighted by Crippen LogP contribution is -2.20. The molecule has 0 saturated heterocycles. The van der Waals surface area contributed by atoms with Crippen LogP contribution in [0.5, 0.6) is 0 Å². The quantitative estimate of drug-likeness (QED) is 0.670. The van der Waals surface area contributed by atoms with Gasteiger partial charge in [0.15, 0.2) is 9.84 Å². The summed E-state index contributed by atoms with van der Waals surface area (Å²) < 4.78 is 25.0. The molecule has 0 amide bonds. The lowest BCUT2D eigenvalue weighted by Gasteiger charge is -2.15. The molecule has 2 N–H and O–H groups in total. The third kappa shape index (κ3) is 2.81. The average Bonchev–Trinajstić information content (AvgIpc) is 2.61. The second-order valence-electron chi connectivity index (χ2n) is 4.84. The minimum Gasteiger partial charge on any atom is -0.398 e. The Kier molecular flexibility index (Phi) is 4.17. The Balaban J connectivity index is 2.31. The van der Waals surface area contributed by atoms with Crippen LogP contribution in [0.25, 0.3) is 0 Å². The number of nitrogen functional groups attached to an aromatic ring is 1. The minimum atomic E-state index is -3.26. The van der Waals surface area contributed by atoms with E-state index in [2.05, 4.69) is 0 Å². The highest BCUT2D eigenvalue weighted by Crippen LogP contribution is 2.30. The Morgan fingerprint density at radius 1 is 1.11 bits per heavy atom. The molecular weight excluding hydrogens is 270 g/mol. The predicted molar refractivity (Wildman–Crippen MR) is 74.5 cm³/mol. The van der Waals surface area contributed by atoms with Gasteiger partial charge in [-0.15, -0.1) is 0 Å². The molecular formula is C13H18ClNO2S. The smallest absolute Gasteiger partial charge is 0.181 e. The molecule has 1 fully saturated rings. The first kappa shape index (κ1) is 13.7. The molecule has 1 aromatic rings. The summed E-state index contributed by atoms with van der Waals surface area (Å²) in [6.07, 6.45) is 5.76. The van der Waals surface area contributed by atoms with Gasteiger partial charge in [-0.25, -0.2) is 8.42 Å². The van der Waals surface area contributed by atoms with E-state index >= 15 is 0 Å². The third-order valence-corrected chi connectivity index (χ3v) is 6.13. The van der Waals surface area contributed by atoms with Gasteiger partial charge in [-0.05, 0) is 31.0 Å². The van der Waals surface area contributed by atoms with Crippen molar-refractivity contribution in [2.24, 2.45) is 0 Å². The normalized spacial score (nSPS) is 18.5. The number of hydrogen-bond donors (Lipinski definition) is 1. The maximum absolute atomic E-state index is 12.5. The van der Waals surface area contributed by atoms with E-state index < -0.39 is 9.84 Å². The summed E-state index contributed by atoms with van der Waals surface area (Å²) in [6, 6.07) is 4.59. The van der Waals surface area contributed by atoms with Crippen molar-refractivity contribution < 1.29 is 8.42 Å².